The second-order valence-corrected chi connectivity index (χ2v) is 3.80. The molecule has 0 aliphatic rings. The van der Waals surface area contributed by atoms with Crippen molar-refractivity contribution in [2.24, 2.45) is 0 Å². The molecule has 0 radical (unpaired) electrons. The second kappa shape index (κ2) is 2.84. The summed E-state index contributed by atoms with van der Waals surface area (Å²) in [7, 11) is 0. The summed E-state index contributed by atoms with van der Waals surface area (Å²) in [5.41, 5.74) is 2.53. The molecule has 0 aliphatic carbocycles. The molecule has 3 nitrogen and oxygen atoms in total. The van der Waals surface area contributed by atoms with Crippen LogP contribution >= 0.6 is 34.5 Å². The van der Waals surface area contributed by atoms with Gasteiger partial charge in [0.25, 0.3) is 0 Å². The van der Waals surface area contributed by atoms with Gasteiger partial charge in [0.2, 0.25) is 4.47 Å². The molecule has 0 bridgehead atoms. The first-order valence-corrected chi connectivity index (χ1v) is 4.83. The summed E-state index contributed by atoms with van der Waals surface area (Å²) in [6, 6.07) is 0. The van der Waals surface area contributed by atoms with E-state index in [2.05, 4.69) is 14.3 Å². The predicted molar refractivity (Wildman–Crippen MR) is 46.0 cm³/mol. The van der Waals surface area contributed by atoms with Crippen molar-refractivity contribution in [1.82, 2.24) is 14.3 Å². The highest BCUT2D eigenvalue weighted by molar-refractivity contribution is 7.10. The summed E-state index contributed by atoms with van der Waals surface area (Å²) in [5, 5.41) is 1.89. The summed E-state index contributed by atoms with van der Waals surface area (Å²) >= 11 is 8.28. The Balaban J connectivity index is 2.45. The third kappa shape index (κ3) is 1.40. The predicted octanol–water partition coefficient (Wildman–Crippen LogP) is 2.32. The topological polar surface area (TPSA) is 38.7 Å². The first-order valence-electron chi connectivity index (χ1n) is 2.74. The zero-order valence-corrected chi connectivity index (χ0v) is 7.58. The fourth-order valence-corrected chi connectivity index (χ4v) is 1.77. The van der Waals surface area contributed by atoms with Gasteiger partial charge in [-0.25, -0.2) is 9.97 Å². The van der Waals surface area contributed by atoms with Gasteiger partial charge in [-0.15, -0.1) is 11.3 Å². The second-order valence-electron chi connectivity index (χ2n) is 1.74. The van der Waals surface area contributed by atoms with Crippen molar-refractivity contribution >= 4 is 34.5 Å². The van der Waals surface area contributed by atoms with Crippen LogP contribution in [0.25, 0.3) is 11.5 Å². The Morgan fingerprint density at radius 1 is 1.45 bits per heavy atom. The average Bonchev–Trinajstić information content (AvgIpc) is 2.55. The molecule has 6 heteroatoms. The summed E-state index contributed by atoms with van der Waals surface area (Å²) in [6.07, 6.45) is 0. The largest absolute Gasteiger partial charge is 0.241 e. The Labute approximate surface area is 75.9 Å². The first-order chi connectivity index (χ1) is 5.36. The van der Waals surface area contributed by atoms with Crippen molar-refractivity contribution in [3.63, 3.8) is 0 Å². The molecule has 0 aliphatic heterocycles. The van der Waals surface area contributed by atoms with Crippen LogP contribution in [0, 0.1) is 0 Å². The lowest BCUT2D eigenvalue weighted by Gasteiger charge is -1.81. The van der Waals surface area contributed by atoms with Crippen LogP contribution in [0.3, 0.4) is 0 Å². The number of halogens is 1. The molecule has 0 amide bonds. The van der Waals surface area contributed by atoms with Gasteiger partial charge in [0.15, 0.2) is 5.82 Å². The van der Waals surface area contributed by atoms with Gasteiger partial charge in [-0.2, -0.15) is 4.37 Å². The molecule has 2 aromatic rings. The van der Waals surface area contributed by atoms with Crippen LogP contribution in [0.4, 0.5) is 0 Å². The van der Waals surface area contributed by atoms with Crippen LogP contribution in [-0.4, -0.2) is 14.3 Å². The summed E-state index contributed by atoms with van der Waals surface area (Å²) in [5.74, 6) is 0.612. The zero-order chi connectivity index (χ0) is 7.68. The Kier molecular flexibility index (Phi) is 1.85. The maximum Gasteiger partial charge on any atom is 0.203 e. The smallest absolute Gasteiger partial charge is 0.203 e. The Morgan fingerprint density at radius 3 is 2.91 bits per heavy atom. The molecule has 0 fully saturated rings. The van der Waals surface area contributed by atoms with Gasteiger partial charge >= 0.3 is 0 Å². The van der Waals surface area contributed by atoms with Crippen molar-refractivity contribution in [1.29, 1.82) is 0 Å². The van der Waals surface area contributed by atoms with Crippen LogP contribution < -0.4 is 0 Å². The Bertz CT molecular complexity index is 342. The third-order valence-electron chi connectivity index (χ3n) is 1.06. The minimum atomic E-state index is 0.452. The number of hydrogen-bond acceptors (Lipinski definition) is 5. The van der Waals surface area contributed by atoms with Crippen LogP contribution in [0.5, 0.6) is 0 Å². The van der Waals surface area contributed by atoms with E-state index in [9.17, 15) is 0 Å². The van der Waals surface area contributed by atoms with Gasteiger partial charge in [-0.3, -0.25) is 0 Å². The number of aromatic nitrogens is 3. The van der Waals surface area contributed by atoms with Gasteiger partial charge in [-0.05, 0) is 23.1 Å². The molecule has 2 heterocycles. The fourth-order valence-electron chi connectivity index (χ4n) is 0.632. The molecule has 0 spiro atoms. The molecule has 0 saturated carbocycles. The minimum absolute atomic E-state index is 0.452. The SMILES string of the molecule is Clc1nc(-c2cscn2)ns1. The van der Waals surface area contributed by atoms with Crippen molar-refractivity contribution < 1.29 is 0 Å². The number of rotatable bonds is 1. The van der Waals surface area contributed by atoms with E-state index in [1.165, 1.54) is 22.9 Å². The van der Waals surface area contributed by atoms with Crippen molar-refractivity contribution in [3.8, 4) is 11.5 Å². The van der Waals surface area contributed by atoms with Crippen molar-refractivity contribution in [3.05, 3.63) is 15.4 Å². The third-order valence-corrected chi connectivity index (χ3v) is 2.45. The standard InChI is InChI=1S/C5H2ClN3S2/c6-5-8-4(9-11-5)3-1-10-2-7-3/h1-2H. The van der Waals surface area contributed by atoms with Gasteiger partial charge in [0.05, 0.1) is 5.51 Å². The Morgan fingerprint density at radius 2 is 2.36 bits per heavy atom. The number of thiazole rings is 1. The quantitative estimate of drug-likeness (QED) is 0.714. The molecule has 11 heavy (non-hydrogen) atoms. The van der Waals surface area contributed by atoms with Gasteiger partial charge in [-0.1, -0.05) is 0 Å². The molecule has 0 N–H and O–H groups in total. The van der Waals surface area contributed by atoms with E-state index in [1.54, 1.807) is 5.51 Å². The molecule has 0 saturated heterocycles. The average molecular weight is 204 g/mol. The van der Waals surface area contributed by atoms with Crippen LogP contribution in [0.1, 0.15) is 0 Å². The van der Waals surface area contributed by atoms with E-state index in [0.717, 1.165) is 5.69 Å². The molecule has 2 aromatic heterocycles. The maximum absolute atomic E-state index is 5.60. The van der Waals surface area contributed by atoms with Gasteiger partial charge < -0.3 is 0 Å². The van der Waals surface area contributed by atoms with E-state index in [-0.39, 0.29) is 0 Å². The molecular formula is C5H2ClN3S2. The number of hydrogen-bond donors (Lipinski definition) is 0. The lowest BCUT2D eigenvalue weighted by atomic mass is 10.5. The molecule has 0 aromatic carbocycles. The van der Waals surface area contributed by atoms with Crippen molar-refractivity contribution in [2.45, 2.75) is 0 Å². The highest BCUT2D eigenvalue weighted by atomic mass is 35.5. The lowest BCUT2D eigenvalue weighted by molar-refractivity contribution is 1.27. The summed E-state index contributed by atoms with van der Waals surface area (Å²) < 4.78 is 4.45. The Hall–Kier alpha value is -0.520. The first kappa shape index (κ1) is 7.15. The van der Waals surface area contributed by atoms with Gasteiger partial charge in [0.1, 0.15) is 5.69 Å². The van der Waals surface area contributed by atoms with Gasteiger partial charge in [0, 0.05) is 5.38 Å². The molecule has 2 rings (SSSR count). The fraction of sp³-hybridized carbons (Fsp3) is 0. The highest BCUT2D eigenvalue weighted by Crippen LogP contribution is 2.19. The maximum atomic E-state index is 5.60. The van der Waals surface area contributed by atoms with Crippen molar-refractivity contribution in [2.75, 3.05) is 0 Å². The monoisotopic (exact) mass is 203 g/mol. The molecular weight excluding hydrogens is 202 g/mol. The van der Waals surface area contributed by atoms with Crippen LogP contribution in [0.2, 0.25) is 4.47 Å². The van der Waals surface area contributed by atoms with E-state index in [0.29, 0.717) is 10.3 Å². The van der Waals surface area contributed by atoms with Crippen LogP contribution in [-0.2, 0) is 0 Å². The van der Waals surface area contributed by atoms with E-state index in [1.807, 2.05) is 5.38 Å². The minimum Gasteiger partial charge on any atom is -0.241 e. The highest BCUT2D eigenvalue weighted by Gasteiger charge is 2.05. The van der Waals surface area contributed by atoms with E-state index >= 15 is 0 Å². The summed E-state index contributed by atoms with van der Waals surface area (Å²) in [6.45, 7) is 0. The molecule has 56 valence electrons. The summed E-state index contributed by atoms with van der Waals surface area (Å²) in [4.78, 5) is 8.01. The van der Waals surface area contributed by atoms with Crippen LogP contribution in [0.15, 0.2) is 10.9 Å². The normalized spacial score (nSPS) is 10.3. The molecule has 0 atom stereocenters. The zero-order valence-electron chi connectivity index (χ0n) is 5.19. The molecule has 0 unspecified atom stereocenters. The lowest BCUT2D eigenvalue weighted by Crippen LogP contribution is -1.77. The number of nitrogens with zero attached hydrogens (tertiary/aromatic N) is 3. The van der Waals surface area contributed by atoms with E-state index < -0.39 is 0 Å². The van der Waals surface area contributed by atoms with E-state index in [4.69, 9.17) is 11.6 Å².